The van der Waals surface area contributed by atoms with Crippen LogP contribution in [0.1, 0.15) is 27.7 Å². The molecule has 0 aliphatic carbocycles. The highest BCUT2D eigenvalue weighted by Crippen LogP contribution is 2.21. The Morgan fingerprint density at radius 1 is 0.824 bits per heavy atom. The van der Waals surface area contributed by atoms with Crippen LogP contribution in [0.3, 0.4) is 0 Å². The minimum Gasteiger partial charge on any atom is -0.395 e. The number of hydrogen-bond acceptors (Lipinski definition) is 5. The molecule has 106 valence electrons. The van der Waals surface area contributed by atoms with Crippen molar-refractivity contribution in [2.24, 2.45) is 0 Å². The van der Waals surface area contributed by atoms with Crippen molar-refractivity contribution in [3.8, 4) is 0 Å². The van der Waals surface area contributed by atoms with E-state index in [4.69, 9.17) is 8.85 Å². The first-order chi connectivity index (χ1) is 7.93. The van der Waals surface area contributed by atoms with E-state index in [1.165, 1.54) is 0 Å². The van der Waals surface area contributed by atoms with Gasteiger partial charge in [-0.1, -0.05) is 0 Å². The van der Waals surface area contributed by atoms with Crippen LogP contribution >= 0.6 is 8.25 Å². The normalized spacial score (nSPS) is 11.2. The Labute approximate surface area is 107 Å². The fraction of sp³-hybridized carbons (Fsp3) is 1.00. The minimum absolute atomic E-state index is 0.456. The summed E-state index contributed by atoms with van der Waals surface area (Å²) >= 11 is 0. The Hall–Kier alpha value is 0.287. The second kappa shape index (κ2) is 12.7. The van der Waals surface area contributed by atoms with Gasteiger partial charge in [0.15, 0.2) is 0 Å². The molecule has 0 radical (unpaired) electrons. The Morgan fingerprint density at radius 2 is 1.18 bits per heavy atom. The zero-order chi connectivity index (χ0) is 13.7. The molecule has 0 aromatic heterocycles. The Morgan fingerprint density at radius 3 is 1.41 bits per heavy atom. The maximum Gasteiger partial charge on any atom is 0.331 e. The molecule has 0 aromatic rings. The average molecular weight is 286 g/mol. The minimum atomic E-state index is -2.14. The molecule has 0 amide bonds. The molecule has 0 saturated heterocycles. The second-order valence-corrected chi connectivity index (χ2v) is 7.84. The highest BCUT2D eigenvalue weighted by atomic mass is 31.1. The van der Waals surface area contributed by atoms with Gasteiger partial charge < -0.3 is 17.9 Å². The molecule has 0 aliphatic rings. The lowest BCUT2D eigenvalue weighted by molar-refractivity contribution is 0.196. The lowest BCUT2D eigenvalue weighted by Gasteiger charge is -2.20. The van der Waals surface area contributed by atoms with E-state index < -0.39 is 16.8 Å². The van der Waals surface area contributed by atoms with Crippen LogP contribution in [0.25, 0.3) is 0 Å². The van der Waals surface area contributed by atoms with Crippen molar-refractivity contribution in [3.63, 3.8) is 0 Å². The second-order valence-electron chi connectivity index (χ2n) is 3.38. The van der Waals surface area contributed by atoms with E-state index in [1.807, 2.05) is 13.8 Å². The van der Waals surface area contributed by atoms with E-state index in [9.17, 15) is 4.57 Å². The molecule has 0 spiro atoms. The van der Waals surface area contributed by atoms with E-state index >= 15 is 0 Å². The predicted octanol–water partition coefficient (Wildman–Crippen LogP) is 3.21. The molecule has 0 fully saturated rings. The molecule has 5 nitrogen and oxygen atoms in total. The van der Waals surface area contributed by atoms with Crippen molar-refractivity contribution >= 4 is 16.8 Å². The van der Waals surface area contributed by atoms with Gasteiger partial charge in [-0.05, 0) is 40.8 Å². The van der Waals surface area contributed by atoms with Gasteiger partial charge in [-0.2, -0.15) is 0 Å². The van der Waals surface area contributed by atoms with Crippen LogP contribution in [0.5, 0.6) is 0 Å². The van der Waals surface area contributed by atoms with Gasteiger partial charge in [0.25, 0.3) is 0 Å². The first-order valence-corrected chi connectivity index (χ1v) is 10.0. The van der Waals surface area contributed by atoms with Crippen LogP contribution in [-0.2, 0) is 22.5 Å². The lowest BCUT2D eigenvalue weighted by Crippen LogP contribution is -2.34. The topological polar surface area (TPSA) is 54.0 Å². The SMILES string of the molecule is CCO[PH](=O)OCC.CCO[Si](C)(C)OCC. The highest BCUT2D eigenvalue weighted by molar-refractivity contribution is 7.33. The average Bonchev–Trinajstić information content (AvgIpc) is 2.18. The van der Waals surface area contributed by atoms with Crippen LogP contribution in [0.4, 0.5) is 0 Å². The van der Waals surface area contributed by atoms with E-state index in [2.05, 4.69) is 22.1 Å². The molecule has 0 aromatic carbocycles. The monoisotopic (exact) mass is 286 g/mol. The summed E-state index contributed by atoms with van der Waals surface area (Å²) in [6, 6.07) is 0. The van der Waals surface area contributed by atoms with E-state index in [-0.39, 0.29) is 0 Å². The molecular formula is C10H27O5PSi. The van der Waals surface area contributed by atoms with Gasteiger partial charge in [0.1, 0.15) is 0 Å². The predicted molar refractivity (Wildman–Crippen MR) is 73.0 cm³/mol. The van der Waals surface area contributed by atoms with Gasteiger partial charge >= 0.3 is 16.8 Å². The highest BCUT2D eigenvalue weighted by Gasteiger charge is 2.22. The summed E-state index contributed by atoms with van der Waals surface area (Å²) in [6.45, 7) is 14.1. The van der Waals surface area contributed by atoms with Crippen molar-refractivity contribution in [1.29, 1.82) is 0 Å². The van der Waals surface area contributed by atoms with Gasteiger partial charge in [0, 0.05) is 13.2 Å². The van der Waals surface area contributed by atoms with Gasteiger partial charge in [-0.25, -0.2) is 0 Å². The summed E-state index contributed by atoms with van der Waals surface area (Å²) in [7, 11) is -3.84. The van der Waals surface area contributed by atoms with Gasteiger partial charge in [0.05, 0.1) is 13.2 Å². The first-order valence-electron chi connectivity index (χ1n) is 6.00. The summed E-state index contributed by atoms with van der Waals surface area (Å²) in [6.07, 6.45) is 0. The molecule has 0 atom stereocenters. The summed E-state index contributed by atoms with van der Waals surface area (Å²) < 4.78 is 30.4. The molecule has 0 saturated carbocycles. The van der Waals surface area contributed by atoms with Crippen molar-refractivity contribution in [3.05, 3.63) is 0 Å². The quantitative estimate of drug-likeness (QED) is 0.506. The van der Waals surface area contributed by atoms with Crippen LogP contribution < -0.4 is 0 Å². The molecule has 0 heterocycles. The van der Waals surface area contributed by atoms with Crippen LogP contribution in [-0.4, -0.2) is 35.0 Å². The molecule has 0 aliphatic heterocycles. The maximum absolute atomic E-state index is 10.4. The van der Waals surface area contributed by atoms with E-state index in [1.54, 1.807) is 13.8 Å². The molecule has 17 heavy (non-hydrogen) atoms. The summed E-state index contributed by atoms with van der Waals surface area (Å²) in [5, 5.41) is 0. The Bertz CT molecular complexity index is 174. The van der Waals surface area contributed by atoms with Gasteiger partial charge in [-0.15, -0.1) is 0 Å². The number of hydrogen-bond donors (Lipinski definition) is 0. The molecular weight excluding hydrogens is 259 g/mol. The molecule has 7 heteroatoms. The third-order valence-corrected chi connectivity index (χ3v) is 4.52. The van der Waals surface area contributed by atoms with Crippen molar-refractivity contribution < 1.29 is 22.5 Å². The lowest BCUT2D eigenvalue weighted by atomic mass is 10.9. The largest absolute Gasteiger partial charge is 0.395 e. The summed E-state index contributed by atoms with van der Waals surface area (Å²) in [5.74, 6) is 0. The fourth-order valence-corrected chi connectivity index (χ4v) is 3.04. The zero-order valence-electron chi connectivity index (χ0n) is 11.9. The van der Waals surface area contributed by atoms with Crippen LogP contribution in [0.2, 0.25) is 13.1 Å². The van der Waals surface area contributed by atoms with Gasteiger partial charge in [-0.3, -0.25) is 4.57 Å². The van der Waals surface area contributed by atoms with Crippen LogP contribution in [0, 0.1) is 0 Å². The van der Waals surface area contributed by atoms with Crippen molar-refractivity contribution in [2.75, 3.05) is 26.4 Å². The van der Waals surface area contributed by atoms with E-state index in [0.717, 1.165) is 13.2 Å². The third kappa shape index (κ3) is 16.3. The Kier molecular flexibility index (Phi) is 14.7. The smallest absolute Gasteiger partial charge is 0.331 e. The summed E-state index contributed by atoms with van der Waals surface area (Å²) in [5.41, 5.74) is 0. The molecule has 0 N–H and O–H groups in total. The van der Waals surface area contributed by atoms with Gasteiger partial charge in [0.2, 0.25) is 0 Å². The first kappa shape index (κ1) is 19.6. The molecule has 0 rings (SSSR count). The molecule has 0 unspecified atom stereocenters. The number of rotatable bonds is 8. The maximum atomic E-state index is 10.4. The summed E-state index contributed by atoms with van der Waals surface area (Å²) in [4.78, 5) is 0. The van der Waals surface area contributed by atoms with Crippen molar-refractivity contribution in [1.82, 2.24) is 0 Å². The standard InChI is InChI=1S/C6H16O2Si.C4H11O3P/c1-5-7-9(3,4)8-6-2;1-3-6-8(5)7-4-2/h5-6H2,1-4H3;8H,3-4H2,1-2H3. The zero-order valence-corrected chi connectivity index (χ0v) is 13.9. The fourth-order valence-electron chi connectivity index (χ4n) is 1.01. The van der Waals surface area contributed by atoms with Crippen LogP contribution in [0.15, 0.2) is 0 Å². The third-order valence-electron chi connectivity index (χ3n) is 1.51. The van der Waals surface area contributed by atoms with Crippen molar-refractivity contribution in [2.45, 2.75) is 40.8 Å². The van der Waals surface area contributed by atoms with E-state index in [0.29, 0.717) is 13.2 Å². The Balaban J connectivity index is 0. The molecule has 0 bridgehead atoms.